The first-order chi connectivity index (χ1) is 10.7. The van der Waals surface area contributed by atoms with E-state index in [0.717, 1.165) is 5.56 Å². The Morgan fingerprint density at radius 1 is 1.43 bits per heavy atom. The molecule has 1 fully saturated rings. The lowest BCUT2D eigenvalue weighted by molar-refractivity contribution is -0.131. The average molecular weight is 316 g/mol. The number of nitrogens with zero attached hydrogens (tertiary/aromatic N) is 1. The van der Waals surface area contributed by atoms with Crippen LogP contribution in [-0.2, 0) is 16.1 Å². The fourth-order valence-electron chi connectivity index (χ4n) is 3.02. The van der Waals surface area contributed by atoms with Crippen LogP contribution in [0.4, 0.5) is 5.69 Å². The van der Waals surface area contributed by atoms with E-state index in [0.29, 0.717) is 24.6 Å². The van der Waals surface area contributed by atoms with Crippen molar-refractivity contribution in [3.8, 4) is 0 Å². The van der Waals surface area contributed by atoms with Gasteiger partial charge in [-0.05, 0) is 37.0 Å². The van der Waals surface area contributed by atoms with E-state index < -0.39 is 5.54 Å². The maximum atomic E-state index is 12.7. The van der Waals surface area contributed by atoms with Crippen molar-refractivity contribution in [3.05, 3.63) is 29.8 Å². The topological polar surface area (TPSA) is 85.3 Å². The molecule has 1 aromatic carbocycles. The number of anilines is 1. The van der Waals surface area contributed by atoms with Crippen LogP contribution in [0.1, 0.15) is 39.7 Å². The normalized spacial score (nSPS) is 20.8. The number of guanidine groups is 1. The molecule has 6 nitrogen and oxygen atoms in total. The summed E-state index contributed by atoms with van der Waals surface area (Å²) in [6.45, 7) is 7.73. The van der Waals surface area contributed by atoms with E-state index in [1.54, 1.807) is 6.07 Å². The van der Waals surface area contributed by atoms with Gasteiger partial charge in [0.25, 0.3) is 5.91 Å². The van der Waals surface area contributed by atoms with Gasteiger partial charge >= 0.3 is 0 Å². The summed E-state index contributed by atoms with van der Waals surface area (Å²) < 4.78 is 0. The fraction of sp³-hybridized carbons (Fsp3) is 0.471. The van der Waals surface area contributed by atoms with Crippen molar-refractivity contribution in [1.82, 2.24) is 10.2 Å². The van der Waals surface area contributed by atoms with Crippen molar-refractivity contribution in [2.75, 3.05) is 5.32 Å². The maximum absolute atomic E-state index is 12.7. The summed E-state index contributed by atoms with van der Waals surface area (Å²) in [5.41, 5.74) is 0.830. The van der Waals surface area contributed by atoms with Crippen LogP contribution < -0.4 is 10.6 Å². The van der Waals surface area contributed by atoms with E-state index >= 15 is 0 Å². The van der Waals surface area contributed by atoms with E-state index in [4.69, 9.17) is 5.41 Å². The number of carbonyl (C=O) groups excluding carboxylic acids is 2. The van der Waals surface area contributed by atoms with Gasteiger partial charge in [-0.1, -0.05) is 26.0 Å². The molecular formula is C17H24N4O2. The summed E-state index contributed by atoms with van der Waals surface area (Å²) in [4.78, 5) is 25.3. The number of nitrogens with one attached hydrogen (secondary N) is 3. The Hall–Kier alpha value is -2.37. The van der Waals surface area contributed by atoms with Gasteiger partial charge in [-0.3, -0.25) is 19.9 Å². The molecule has 2 amide bonds. The van der Waals surface area contributed by atoms with Crippen molar-refractivity contribution in [2.24, 2.45) is 5.92 Å². The minimum absolute atomic E-state index is 0.0823. The van der Waals surface area contributed by atoms with E-state index in [-0.39, 0.29) is 17.8 Å². The van der Waals surface area contributed by atoms with E-state index in [9.17, 15) is 9.59 Å². The first kappa shape index (κ1) is 17.0. The third-order valence-electron chi connectivity index (χ3n) is 3.79. The smallest absolute Gasteiger partial charge is 0.255 e. The number of hydrogen-bond acceptors (Lipinski definition) is 3. The van der Waals surface area contributed by atoms with Crippen LogP contribution >= 0.6 is 0 Å². The highest BCUT2D eigenvalue weighted by molar-refractivity contribution is 6.07. The lowest BCUT2D eigenvalue weighted by atomic mass is 9.91. The number of hydrogen-bond donors (Lipinski definition) is 3. The molecular weight excluding hydrogens is 292 g/mol. The Morgan fingerprint density at radius 2 is 2.13 bits per heavy atom. The monoisotopic (exact) mass is 316 g/mol. The molecule has 1 aliphatic rings. The first-order valence-electron chi connectivity index (χ1n) is 7.76. The molecule has 0 bridgehead atoms. The zero-order chi connectivity index (χ0) is 17.2. The summed E-state index contributed by atoms with van der Waals surface area (Å²) in [5.74, 6) is 0.259. The quantitative estimate of drug-likeness (QED) is 0.779. The molecule has 1 heterocycles. The minimum atomic E-state index is -0.722. The number of carbonyl (C=O) groups is 2. The number of amides is 2. The molecule has 1 aliphatic heterocycles. The predicted molar refractivity (Wildman–Crippen MR) is 90.0 cm³/mol. The highest BCUT2D eigenvalue weighted by Crippen LogP contribution is 2.26. The molecule has 0 aliphatic carbocycles. The highest BCUT2D eigenvalue weighted by atomic mass is 16.2. The number of rotatable bonds is 5. The predicted octanol–water partition coefficient (Wildman–Crippen LogP) is 2.32. The SMILES string of the molecule is CC(=O)Nc1cccc(CN2C(=N)NC(C)(CC(C)C)C2=O)c1. The van der Waals surface area contributed by atoms with Crippen LogP contribution in [0.25, 0.3) is 0 Å². The average Bonchev–Trinajstić information content (AvgIpc) is 2.61. The Labute approximate surface area is 136 Å². The van der Waals surface area contributed by atoms with Crippen LogP contribution in [0, 0.1) is 11.3 Å². The van der Waals surface area contributed by atoms with E-state index in [1.165, 1.54) is 11.8 Å². The van der Waals surface area contributed by atoms with E-state index in [2.05, 4.69) is 24.5 Å². The second-order valence-electron chi connectivity index (χ2n) is 6.68. The molecule has 124 valence electrons. The highest BCUT2D eigenvalue weighted by Gasteiger charge is 2.45. The van der Waals surface area contributed by atoms with Crippen LogP contribution in [-0.4, -0.2) is 28.2 Å². The summed E-state index contributed by atoms with van der Waals surface area (Å²) in [6.07, 6.45) is 0.677. The van der Waals surface area contributed by atoms with Gasteiger partial charge in [-0.25, -0.2) is 0 Å². The lowest BCUT2D eigenvalue weighted by Gasteiger charge is -2.24. The molecule has 0 aromatic heterocycles. The molecule has 3 N–H and O–H groups in total. The molecule has 1 aromatic rings. The standard InChI is InChI=1S/C17H24N4O2/c1-11(2)9-17(4)15(23)21(16(18)20-17)10-13-6-5-7-14(8-13)19-12(3)22/h5-8,11H,9-10H2,1-4H3,(H2,18,20)(H,19,22). The number of benzene rings is 1. The van der Waals surface area contributed by atoms with Crippen LogP contribution in [0.2, 0.25) is 0 Å². The molecule has 2 rings (SSSR count). The van der Waals surface area contributed by atoms with Gasteiger partial charge in [0.05, 0.1) is 6.54 Å². The van der Waals surface area contributed by atoms with Gasteiger partial charge < -0.3 is 10.6 Å². The summed E-state index contributed by atoms with van der Waals surface area (Å²) in [5, 5.41) is 13.8. The van der Waals surface area contributed by atoms with Gasteiger partial charge in [-0.15, -0.1) is 0 Å². The maximum Gasteiger partial charge on any atom is 0.255 e. The van der Waals surface area contributed by atoms with Crippen molar-refractivity contribution >= 4 is 23.5 Å². The largest absolute Gasteiger partial charge is 0.342 e. The Bertz CT molecular complexity index is 641. The van der Waals surface area contributed by atoms with Gasteiger partial charge in [0.15, 0.2) is 5.96 Å². The third kappa shape index (κ3) is 3.88. The third-order valence-corrected chi connectivity index (χ3v) is 3.79. The second kappa shape index (κ2) is 6.40. The van der Waals surface area contributed by atoms with Gasteiger partial charge in [0.1, 0.15) is 5.54 Å². The molecule has 0 spiro atoms. The van der Waals surface area contributed by atoms with Crippen molar-refractivity contribution in [3.63, 3.8) is 0 Å². The summed E-state index contributed by atoms with van der Waals surface area (Å²) in [6, 6.07) is 7.32. The summed E-state index contributed by atoms with van der Waals surface area (Å²) >= 11 is 0. The Balaban J connectivity index is 2.15. The summed E-state index contributed by atoms with van der Waals surface area (Å²) in [7, 11) is 0. The fourth-order valence-corrected chi connectivity index (χ4v) is 3.02. The molecule has 1 saturated heterocycles. The Morgan fingerprint density at radius 3 is 2.74 bits per heavy atom. The van der Waals surface area contributed by atoms with Crippen LogP contribution in [0.15, 0.2) is 24.3 Å². The zero-order valence-electron chi connectivity index (χ0n) is 14.1. The van der Waals surface area contributed by atoms with Crippen molar-refractivity contribution in [1.29, 1.82) is 5.41 Å². The van der Waals surface area contributed by atoms with Crippen molar-refractivity contribution < 1.29 is 9.59 Å². The van der Waals surface area contributed by atoms with Crippen molar-refractivity contribution in [2.45, 2.75) is 46.2 Å². The molecule has 6 heteroatoms. The van der Waals surface area contributed by atoms with Crippen LogP contribution in [0.5, 0.6) is 0 Å². The first-order valence-corrected chi connectivity index (χ1v) is 7.76. The van der Waals surface area contributed by atoms with Crippen LogP contribution in [0.3, 0.4) is 0 Å². The van der Waals surface area contributed by atoms with E-state index in [1.807, 2.05) is 25.1 Å². The second-order valence-corrected chi connectivity index (χ2v) is 6.68. The molecule has 1 unspecified atom stereocenters. The van der Waals surface area contributed by atoms with Gasteiger partial charge in [0.2, 0.25) is 5.91 Å². The zero-order valence-corrected chi connectivity index (χ0v) is 14.1. The lowest BCUT2D eigenvalue weighted by Crippen LogP contribution is -2.44. The van der Waals surface area contributed by atoms with Gasteiger partial charge in [0, 0.05) is 12.6 Å². The molecule has 0 radical (unpaired) electrons. The van der Waals surface area contributed by atoms with Gasteiger partial charge in [-0.2, -0.15) is 0 Å². The minimum Gasteiger partial charge on any atom is -0.342 e. The molecule has 1 atom stereocenters. The Kier molecular flexibility index (Phi) is 4.73. The molecule has 23 heavy (non-hydrogen) atoms. The molecule has 0 saturated carbocycles.